The number of amides is 3. The van der Waals surface area contributed by atoms with Crippen LogP contribution in [0.1, 0.15) is 46.4 Å². The fourth-order valence-electron chi connectivity index (χ4n) is 4.17. The van der Waals surface area contributed by atoms with Gasteiger partial charge in [0.25, 0.3) is 5.91 Å². The second-order valence-electron chi connectivity index (χ2n) is 8.66. The van der Waals surface area contributed by atoms with Gasteiger partial charge in [-0.3, -0.25) is 9.78 Å². The minimum Gasteiger partial charge on any atom is -0.496 e. The Balaban J connectivity index is 0.00000400. The third kappa shape index (κ3) is 7.66. The number of morpholine rings is 1. The number of nitrogens with one attached hydrogen (secondary N) is 1. The maximum atomic E-state index is 13.2. The zero-order valence-corrected chi connectivity index (χ0v) is 22.0. The number of hydrogen-bond donors (Lipinski definition) is 1. The van der Waals surface area contributed by atoms with Gasteiger partial charge in [0.1, 0.15) is 11.6 Å². The summed E-state index contributed by atoms with van der Waals surface area (Å²) in [7, 11) is 1.54. The maximum Gasteiger partial charge on any atom is 1.00 e. The Morgan fingerprint density at radius 3 is 2.74 bits per heavy atom. The average molecular weight is 511 g/mol. The van der Waals surface area contributed by atoms with Crippen LogP contribution in [0.15, 0.2) is 40.5 Å². The Labute approximate surface area is 235 Å². The van der Waals surface area contributed by atoms with Crippen molar-refractivity contribution in [3.8, 4) is 5.75 Å². The summed E-state index contributed by atoms with van der Waals surface area (Å²) >= 11 is 0. The van der Waals surface area contributed by atoms with Crippen molar-refractivity contribution in [2.24, 2.45) is 10.2 Å². The number of methoxy groups -OCH3 is 1. The smallest absolute Gasteiger partial charge is 0.496 e. The van der Waals surface area contributed by atoms with Gasteiger partial charge >= 0.3 is 24.9 Å². The molecule has 38 heavy (non-hydrogen) atoms. The predicted molar refractivity (Wildman–Crippen MR) is 140 cm³/mol. The summed E-state index contributed by atoms with van der Waals surface area (Å²) in [5.41, 5.74) is 2.79. The molecule has 1 saturated heterocycles. The van der Waals surface area contributed by atoms with Crippen molar-refractivity contribution < 1.29 is 37.9 Å². The van der Waals surface area contributed by atoms with Gasteiger partial charge in [-0.05, 0) is 35.7 Å². The van der Waals surface area contributed by atoms with Crippen molar-refractivity contribution >= 4 is 30.2 Å². The molecule has 0 aliphatic carbocycles. The molecule has 0 bridgehead atoms. The van der Waals surface area contributed by atoms with E-state index in [1.165, 1.54) is 7.11 Å². The number of carbonyl (C=O) groups is 2. The first-order valence-corrected chi connectivity index (χ1v) is 12.4. The summed E-state index contributed by atoms with van der Waals surface area (Å²) in [6.45, 7) is 7.10. The molecule has 0 unspecified atom stereocenters. The summed E-state index contributed by atoms with van der Waals surface area (Å²) in [5, 5.41) is 10.5. The first-order valence-electron chi connectivity index (χ1n) is 12.4. The second-order valence-corrected chi connectivity index (χ2v) is 8.66. The van der Waals surface area contributed by atoms with Crippen molar-refractivity contribution in [1.82, 2.24) is 14.8 Å². The minimum atomic E-state index is -0.364. The SMILES string of the molecule is [CH2-]CCC[C-]=NN=[C-]c1cccc(NC(=O)c2cc3c(cc2OC)CCN(C(=O)N2CCOCC2)C3)n1.[Li+]. The first kappa shape index (κ1) is 29.4. The van der Waals surface area contributed by atoms with Crippen LogP contribution in [0.2, 0.25) is 0 Å². The number of nitrogens with zero attached hydrogens (tertiary/aromatic N) is 5. The predicted octanol–water partition coefficient (Wildman–Crippen LogP) is 0.320. The fraction of sp³-hybridized carbons (Fsp3) is 0.407. The Bertz CT molecular complexity index is 1170. The molecule has 196 valence electrons. The number of benzene rings is 1. The summed E-state index contributed by atoms with van der Waals surface area (Å²) in [5.74, 6) is 0.456. The minimum absolute atomic E-state index is 0. The maximum absolute atomic E-state index is 13.2. The molecule has 0 spiro atoms. The number of hydrogen-bond acceptors (Lipinski definition) is 7. The zero-order chi connectivity index (χ0) is 26.0. The summed E-state index contributed by atoms with van der Waals surface area (Å²) < 4.78 is 10.9. The number of anilines is 1. The second kappa shape index (κ2) is 14.7. The van der Waals surface area contributed by atoms with Crippen LogP contribution >= 0.6 is 0 Å². The van der Waals surface area contributed by atoms with E-state index in [4.69, 9.17) is 9.47 Å². The van der Waals surface area contributed by atoms with E-state index in [-0.39, 0.29) is 30.8 Å². The Morgan fingerprint density at radius 1 is 1.16 bits per heavy atom. The topological polar surface area (TPSA) is 109 Å². The molecule has 3 heterocycles. The first-order chi connectivity index (χ1) is 18.1. The van der Waals surface area contributed by atoms with Crippen LogP contribution in [0.25, 0.3) is 0 Å². The van der Waals surface area contributed by atoms with Gasteiger partial charge in [0, 0.05) is 26.2 Å². The van der Waals surface area contributed by atoms with Crippen molar-refractivity contribution in [1.29, 1.82) is 0 Å². The van der Waals surface area contributed by atoms with Gasteiger partial charge in [0.15, 0.2) is 0 Å². The number of pyridine rings is 1. The van der Waals surface area contributed by atoms with Crippen molar-refractivity contribution in [2.75, 3.05) is 45.3 Å². The number of unbranched alkanes of at least 4 members (excludes halogenated alkanes) is 2. The molecule has 2 aromatic rings. The molecule has 0 saturated carbocycles. The Hall–Kier alpha value is -3.19. The largest absolute Gasteiger partial charge is 1.00 e. The molecule has 0 atom stereocenters. The van der Waals surface area contributed by atoms with Crippen LogP contribution in [-0.2, 0) is 17.7 Å². The fourth-order valence-corrected chi connectivity index (χ4v) is 4.17. The van der Waals surface area contributed by atoms with Gasteiger partial charge in [0.05, 0.1) is 25.9 Å². The van der Waals surface area contributed by atoms with E-state index < -0.39 is 0 Å². The molecular weight excluding hydrogens is 479 g/mol. The van der Waals surface area contributed by atoms with Crippen LogP contribution < -0.4 is 28.9 Å². The van der Waals surface area contributed by atoms with E-state index in [2.05, 4.69) is 39.9 Å². The van der Waals surface area contributed by atoms with Crippen LogP contribution in [0, 0.1) is 6.92 Å². The van der Waals surface area contributed by atoms with Crippen molar-refractivity contribution in [2.45, 2.75) is 32.2 Å². The van der Waals surface area contributed by atoms with Crippen molar-refractivity contribution in [3.63, 3.8) is 0 Å². The third-order valence-electron chi connectivity index (χ3n) is 6.15. The van der Waals surface area contributed by atoms with E-state index in [1.54, 1.807) is 24.3 Å². The summed E-state index contributed by atoms with van der Waals surface area (Å²) in [6, 6.07) is 8.82. The molecule has 11 heteroatoms. The van der Waals surface area contributed by atoms with Gasteiger partial charge in [-0.25, -0.2) is 4.79 Å². The van der Waals surface area contributed by atoms with Crippen molar-refractivity contribution in [3.05, 3.63) is 59.6 Å². The monoisotopic (exact) mass is 510 g/mol. The van der Waals surface area contributed by atoms with E-state index in [0.29, 0.717) is 75.1 Å². The van der Waals surface area contributed by atoms with E-state index >= 15 is 0 Å². The number of rotatable bonds is 8. The normalized spacial score (nSPS) is 15.3. The average Bonchev–Trinajstić information content (AvgIpc) is 2.94. The number of urea groups is 1. The van der Waals surface area contributed by atoms with Crippen LogP contribution in [-0.4, -0.2) is 79.1 Å². The molecule has 3 amide bonds. The Kier molecular flexibility index (Phi) is 11.3. The number of aromatic nitrogens is 1. The van der Waals surface area contributed by atoms with Crippen LogP contribution in [0.3, 0.4) is 0 Å². The Morgan fingerprint density at radius 2 is 1.97 bits per heavy atom. The number of fused-ring (bicyclic) bond motifs is 1. The standard InChI is InChI=1S/C27H31N6O4.Li/c1-3-4-5-10-28-29-18-22-7-6-8-25(30-22)31-26(34)23-16-21-19-33(11-9-20(21)17-24(23)36-2)27(35)32-12-14-37-15-13-32;/h6-8,16-17H,1,3-5,9,11-15,19H2,2H3,(H,30,31,34);/q-3;+1. The van der Waals surface area contributed by atoms with Gasteiger partial charge < -0.3 is 47.9 Å². The van der Waals surface area contributed by atoms with Gasteiger partial charge in [-0.2, -0.15) is 18.9 Å². The summed E-state index contributed by atoms with van der Waals surface area (Å²) in [4.78, 5) is 34.2. The third-order valence-corrected chi connectivity index (χ3v) is 6.15. The molecule has 1 aromatic heterocycles. The van der Waals surface area contributed by atoms with Gasteiger partial charge in [-0.1, -0.05) is 11.9 Å². The van der Waals surface area contributed by atoms with E-state index in [0.717, 1.165) is 24.0 Å². The quantitative estimate of drug-likeness (QED) is 0.181. The van der Waals surface area contributed by atoms with Crippen LogP contribution in [0.4, 0.5) is 10.6 Å². The van der Waals surface area contributed by atoms with Gasteiger partial charge in [0.2, 0.25) is 0 Å². The molecule has 1 aromatic carbocycles. The van der Waals surface area contributed by atoms with Crippen LogP contribution in [0.5, 0.6) is 5.75 Å². The number of ether oxygens (including phenoxy) is 2. The van der Waals surface area contributed by atoms with Gasteiger partial charge in [-0.15, -0.1) is 12.5 Å². The molecule has 4 rings (SSSR count). The molecule has 0 radical (unpaired) electrons. The summed E-state index contributed by atoms with van der Waals surface area (Å²) in [6.07, 6.45) is 8.61. The molecule has 1 N–H and O–H groups in total. The molecule has 2 aliphatic rings. The molecular formula is C27H31LiN6O4-2. The van der Waals surface area contributed by atoms with E-state index in [9.17, 15) is 9.59 Å². The molecule has 1 fully saturated rings. The molecule has 2 aliphatic heterocycles. The molecule has 10 nitrogen and oxygen atoms in total. The number of carbonyl (C=O) groups excluding carboxylic acids is 2. The zero-order valence-electron chi connectivity index (χ0n) is 22.0. The van der Waals surface area contributed by atoms with E-state index in [1.807, 2.05) is 15.9 Å².